The van der Waals surface area contributed by atoms with Gasteiger partial charge in [-0.05, 0) is 79.5 Å². The lowest BCUT2D eigenvalue weighted by Gasteiger charge is -2.38. The number of para-hydroxylation sites is 1. The number of pyridine rings is 1. The van der Waals surface area contributed by atoms with E-state index < -0.39 is 52.4 Å². The van der Waals surface area contributed by atoms with E-state index in [4.69, 9.17) is 23.9 Å². The van der Waals surface area contributed by atoms with Gasteiger partial charge < -0.3 is 23.8 Å². The van der Waals surface area contributed by atoms with Crippen molar-refractivity contribution in [2.75, 3.05) is 43.5 Å². The molecule has 0 radical (unpaired) electrons. The lowest BCUT2D eigenvalue weighted by atomic mass is 9.95. The fourth-order valence-corrected chi connectivity index (χ4v) is 14.3. The van der Waals surface area contributed by atoms with E-state index in [1.54, 1.807) is 62.1 Å². The molecule has 0 spiro atoms. The Bertz CT molecular complexity index is 2690. The number of anilines is 2. The molecule has 0 aliphatic carbocycles. The molecule has 5 aromatic rings. The summed E-state index contributed by atoms with van der Waals surface area (Å²) in [6.45, 7) is 20.1. The zero-order valence-corrected chi connectivity index (χ0v) is 39.2. The second-order valence-electron chi connectivity index (χ2n) is 17.5. The molecule has 330 valence electrons. The number of amides is 1. The predicted octanol–water partition coefficient (Wildman–Crippen LogP) is 10.4. The van der Waals surface area contributed by atoms with Gasteiger partial charge in [0.15, 0.2) is 12.6 Å². The zero-order chi connectivity index (χ0) is 45.5. The molecule has 1 atom stereocenters. The van der Waals surface area contributed by atoms with E-state index in [0.29, 0.717) is 16.6 Å². The maximum atomic E-state index is 17.7. The first-order chi connectivity index (χ1) is 29.1. The van der Waals surface area contributed by atoms with Gasteiger partial charge in [-0.3, -0.25) is 5.32 Å². The van der Waals surface area contributed by atoms with Gasteiger partial charge in [-0.1, -0.05) is 71.7 Å². The molecule has 0 bridgehead atoms. The molecule has 0 fully saturated rings. The number of rotatable bonds is 11. The Balaban J connectivity index is 1.64. The van der Waals surface area contributed by atoms with Crippen LogP contribution in [0.4, 0.5) is 25.1 Å². The minimum atomic E-state index is -4.13. The number of hydrogen-bond acceptors (Lipinski definition) is 11. The molecular weight excluding hydrogens is 833 g/mol. The van der Waals surface area contributed by atoms with Gasteiger partial charge in [0.05, 0.1) is 18.2 Å². The third kappa shape index (κ3) is 9.07. The highest BCUT2D eigenvalue weighted by Crippen LogP contribution is 2.45. The number of nitrogens with zero attached hydrogens (tertiary/aromatic N) is 4. The number of halogens is 2. The van der Waals surface area contributed by atoms with Gasteiger partial charge in [-0.15, -0.1) is 5.54 Å². The Morgan fingerprint density at radius 3 is 2.27 bits per heavy atom. The SMILES string of the molecule is COCOc1cc(-c2nc3c4c(nc(S(C)(=O)=O)nc4c2F)N(C(C)c2ccccc2NC(=O)OC(C)(C)C)CCO3)c2c(C#C[Si](C(C)C)(C(C)C)C(C)C)c(F)ccc2c1. The molecule has 1 aliphatic heterocycles. The molecule has 12 nitrogen and oxygen atoms in total. The molecule has 0 saturated carbocycles. The summed E-state index contributed by atoms with van der Waals surface area (Å²) in [5, 5.41) is 3.01. The molecule has 1 unspecified atom stereocenters. The summed E-state index contributed by atoms with van der Waals surface area (Å²) in [4.78, 5) is 28.3. The van der Waals surface area contributed by atoms with Crippen LogP contribution in [-0.2, 0) is 19.3 Å². The topological polar surface area (TPSA) is 142 Å². The second-order valence-corrected chi connectivity index (χ2v) is 25.0. The van der Waals surface area contributed by atoms with Gasteiger partial charge in [-0.2, -0.15) is 0 Å². The number of methoxy groups -OCH3 is 1. The molecule has 2 aromatic heterocycles. The van der Waals surface area contributed by atoms with Crippen LogP contribution in [0.15, 0.2) is 53.7 Å². The van der Waals surface area contributed by atoms with Crippen molar-refractivity contribution in [3.05, 3.63) is 71.3 Å². The van der Waals surface area contributed by atoms with E-state index in [2.05, 4.69) is 68.3 Å². The van der Waals surface area contributed by atoms with Crippen LogP contribution >= 0.6 is 0 Å². The van der Waals surface area contributed by atoms with E-state index >= 15 is 8.78 Å². The van der Waals surface area contributed by atoms with Crippen LogP contribution in [0.1, 0.15) is 86.4 Å². The van der Waals surface area contributed by atoms with Crippen molar-refractivity contribution in [2.24, 2.45) is 0 Å². The highest BCUT2D eigenvalue weighted by molar-refractivity contribution is 7.90. The average Bonchev–Trinajstić information content (AvgIpc) is 3.37. The lowest BCUT2D eigenvalue weighted by Crippen LogP contribution is -2.43. The summed E-state index contributed by atoms with van der Waals surface area (Å²) in [6.07, 6.45) is 0.277. The number of aromatic nitrogens is 3. The summed E-state index contributed by atoms with van der Waals surface area (Å²) in [7, 11) is -5.05. The standard InChI is InChI=1S/C46H55F2N5O7SSi/c1-26(2)62(27(3)4,28(5)6)22-19-33-35(47)18-17-30-23-31(59-25-57-11)24-34(37(30)33)40-39(48)41-38-42(52-44(51-41)61(12,55)56)53(20-21-58-43(38)50-40)29(7)32-15-13-14-16-36(32)49-45(54)60-46(8,9)10/h13-18,23-24,26-29H,20-21,25H2,1-12H3,(H,49,54). The Labute approximate surface area is 363 Å². The quantitative estimate of drug-likeness (QED) is 0.0586. The van der Waals surface area contributed by atoms with Crippen LogP contribution in [0, 0.1) is 23.1 Å². The summed E-state index contributed by atoms with van der Waals surface area (Å²) in [5.74, 6) is 1.94. The van der Waals surface area contributed by atoms with Crippen LogP contribution in [0.5, 0.6) is 11.6 Å². The van der Waals surface area contributed by atoms with Gasteiger partial charge in [0.2, 0.25) is 20.9 Å². The molecule has 0 saturated heterocycles. The van der Waals surface area contributed by atoms with Crippen molar-refractivity contribution in [1.29, 1.82) is 0 Å². The van der Waals surface area contributed by atoms with E-state index in [1.165, 1.54) is 19.2 Å². The molecule has 1 amide bonds. The minimum Gasteiger partial charge on any atom is -0.475 e. The monoisotopic (exact) mass is 887 g/mol. The molecule has 6 rings (SSSR count). The van der Waals surface area contributed by atoms with Crippen molar-refractivity contribution in [3.8, 4) is 34.4 Å². The first-order valence-corrected chi connectivity index (χ1v) is 24.7. The molecule has 1 aliphatic rings. The van der Waals surface area contributed by atoms with E-state index in [9.17, 15) is 13.2 Å². The number of fused-ring (bicyclic) bond motifs is 1. The summed E-state index contributed by atoms with van der Waals surface area (Å²) in [5.41, 5.74) is 4.24. The highest BCUT2D eigenvalue weighted by Gasteiger charge is 2.42. The predicted molar refractivity (Wildman–Crippen MR) is 241 cm³/mol. The summed E-state index contributed by atoms with van der Waals surface area (Å²) < 4.78 is 83.5. The van der Waals surface area contributed by atoms with Crippen molar-refractivity contribution in [1.82, 2.24) is 15.0 Å². The van der Waals surface area contributed by atoms with Gasteiger partial charge in [-0.25, -0.2) is 36.9 Å². The molecule has 3 heterocycles. The smallest absolute Gasteiger partial charge is 0.412 e. The van der Waals surface area contributed by atoms with Crippen molar-refractivity contribution >= 4 is 57.2 Å². The van der Waals surface area contributed by atoms with Crippen molar-refractivity contribution in [2.45, 2.75) is 103 Å². The Morgan fingerprint density at radius 1 is 0.968 bits per heavy atom. The van der Waals surface area contributed by atoms with Gasteiger partial charge in [0.1, 0.15) is 54.3 Å². The Hall–Kier alpha value is -5.37. The third-order valence-electron chi connectivity index (χ3n) is 11.3. The number of benzene rings is 3. The number of carbonyl (C=O) groups is 1. The second kappa shape index (κ2) is 17.8. The number of hydrogen-bond donors (Lipinski definition) is 1. The van der Waals surface area contributed by atoms with Crippen LogP contribution < -0.4 is 19.7 Å². The molecule has 62 heavy (non-hydrogen) atoms. The fourth-order valence-electron chi connectivity index (χ4n) is 8.58. The molecule has 16 heteroatoms. The van der Waals surface area contributed by atoms with E-state index in [1.807, 2.05) is 6.92 Å². The van der Waals surface area contributed by atoms with Gasteiger partial charge >= 0.3 is 6.09 Å². The highest BCUT2D eigenvalue weighted by atomic mass is 32.2. The first-order valence-electron chi connectivity index (χ1n) is 20.6. The largest absolute Gasteiger partial charge is 0.475 e. The van der Waals surface area contributed by atoms with Gasteiger partial charge in [0, 0.05) is 30.0 Å². The first kappa shape index (κ1) is 46.1. The molecule has 3 aromatic carbocycles. The lowest BCUT2D eigenvalue weighted by molar-refractivity contribution is 0.0512. The Morgan fingerprint density at radius 2 is 1.65 bits per heavy atom. The maximum Gasteiger partial charge on any atom is 0.412 e. The Kier molecular flexibility index (Phi) is 13.2. The summed E-state index contributed by atoms with van der Waals surface area (Å²) >= 11 is 0. The fraction of sp³-hybridized carbons (Fsp3) is 0.435. The normalized spacial score (nSPS) is 13.9. The van der Waals surface area contributed by atoms with E-state index in [0.717, 1.165) is 6.26 Å². The van der Waals surface area contributed by atoms with Crippen LogP contribution in [-0.4, -0.2) is 76.4 Å². The summed E-state index contributed by atoms with van der Waals surface area (Å²) in [6, 6.07) is 12.6. The third-order valence-corrected chi connectivity index (χ3v) is 18.4. The maximum absolute atomic E-state index is 17.7. The number of ether oxygens (including phenoxy) is 4. The number of sulfone groups is 1. The number of carbonyl (C=O) groups excluding carboxylic acids is 1. The van der Waals surface area contributed by atoms with Crippen molar-refractivity contribution < 1.29 is 40.9 Å². The molecule has 1 N–H and O–H groups in total. The zero-order valence-electron chi connectivity index (χ0n) is 37.4. The minimum absolute atomic E-state index is 0.0130. The van der Waals surface area contributed by atoms with Crippen LogP contribution in [0.25, 0.3) is 32.9 Å². The number of nitrogens with one attached hydrogen (secondary N) is 1. The van der Waals surface area contributed by atoms with Gasteiger partial charge in [0.25, 0.3) is 0 Å². The van der Waals surface area contributed by atoms with Crippen LogP contribution in [0.3, 0.4) is 0 Å². The van der Waals surface area contributed by atoms with Crippen LogP contribution in [0.2, 0.25) is 16.6 Å². The van der Waals surface area contributed by atoms with E-state index in [-0.39, 0.29) is 87.1 Å². The van der Waals surface area contributed by atoms with Crippen molar-refractivity contribution in [3.63, 3.8) is 0 Å². The average molecular weight is 888 g/mol. The molecular formula is C46H55F2N5O7SSi.